The maximum absolute atomic E-state index is 10.6. The van der Waals surface area contributed by atoms with E-state index in [1.165, 1.54) is 6.42 Å². The summed E-state index contributed by atoms with van der Waals surface area (Å²) in [5.74, 6) is -0.239. The number of carboxylic acid groups (broad SMARTS) is 1. The quantitative estimate of drug-likeness (QED) is 0.802. The molecule has 0 aromatic carbocycles. The van der Waals surface area contributed by atoms with Crippen LogP contribution in [0.2, 0.25) is 0 Å². The van der Waals surface area contributed by atoms with Crippen LogP contribution in [0.1, 0.15) is 46.5 Å². The third-order valence-electron chi connectivity index (χ3n) is 3.35. The Morgan fingerprint density at radius 2 is 1.88 bits per heavy atom. The molecule has 0 aromatic rings. The van der Waals surface area contributed by atoms with Crippen LogP contribution in [0, 0.1) is 11.3 Å². The molecule has 0 atom stereocenters. The summed E-state index contributed by atoms with van der Waals surface area (Å²) in [5.41, 5.74) is 0.401. The maximum Gasteiger partial charge on any atom is 0.303 e. The number of carbonyl (C=O) groups is 1. The van der Waals surface area contributed by atoms with Gasteiger partial charge in [0.1, 0.15) is 0 Å². The molecule has 0 bridgehead atoms. The van der Waals surface area contributed by atoms with Crippen LogP contribution in [0.4, 0.5) is 0 Å². The van der Waals surface area contributed by atoms with Crippen molar-refractivity contribution in [3.63, 3.8) is 0 Å². The molecule has 0 saturated carbocycles. The van der Waals surface area contributed by atoms with Crippen LogP contribution in [-0.4, -0.2) is 35.6 Å². The minimum atomic E-state index is -0.645. The lowest BCUT2D eigenvalue weighted by atomic mass is 9.90. The molecule has 1 aliphatic rings. The predicted molar refractivity (Wildman–Crippen MR) is 65.5 cm³/mol. The number of hydrogen-bond acceptors (Lipinski definition) is 2. The average molecular weight is 227 g/mol. The van der Waals surface area contributed by atoms with Gasteiger partial charge in [-0.15, -0.1) is 0 Å². The summed E-state index contributed by atoms with van der Waals surface area (Å²) in [6.07, 6.45) is 3.68. The van der Waals surface area contributed by atoms with Crippen molar-refractivity contribution in [1.82, 2.24) is 4.90 Å². The number of carboxylic acids is 1. The van der Waals surface area contributed by atoms with E-state index in [1.807, 2.05) is 0 Å². The van der Waals surface area contributed by atoms with Gasteiger partial charge in [0.2, 0.25) is 0 Å². The van der Waals surface area contributed by atoms with Gasteiger partial charge in [0.05, 0.1) is 0 Å². The minimum absolute atomic E-state index is 0.354. The van der Waals surface area contributed by atoms with Crippen molar-refractivity contribution in [1.29, 1.82) is 0 Å². The fraction of sp³-hybridized carbons (Fsp3) is 0.923. The van der Waals surface area contributed by atoms with Crippen molar-refractivity contribution >= 4 is 5.97 Å². The van der Waals surface area contributed by atoms with Crippen LogP contribution in [-0.2, 0) is 4.79 Å². The highest BCUT2D eigenvalue weighted by Crippen LogP contribution is 2.23. The molecule has 0 aromatic heterocycles. The van der Waals surface area contributed by atoms with E-state index in [0.717, 1.165) is 32.5 Å². The van der Waals surface area contributed by atoms with Gasteiger partial charge < -0.3 is 10.0 Å². The maximum atomic E-state index is 10.6. The Balaban J connectivity index is 2.19. The highest BCUT2D eigenvalue weighted by Gasteiger charge is 2.22. The second-order valence-electron chi connectivity index (χ2n) is 6.19. The lowest BCUT2D eigenvalue weighted by Gasteiger charge is -2.33. The summed E-state index contributed by atoms with van der Waals surface area (Å²) in [5, 5.41) is 8.73. The normalized spacial score (nSPS) is 19.9. The van der Waals surface area contributed by atoms with Gasteiger partial charge in [0.25, 0.3) is 0 Å². The van der Waals surface area contributed by atoms with Crippen LogP contribution < -0.4 is 0 Å². The van der Waals surface area contributed by atoms with E-state index < -0.39 is 5.97 Å². The first-order valence-electron chi connectivity index (χ1n) is 6.31. The topological polar surface area (TPSA) is 40.5 Å². The van der Waals surface area contributed by atoms with Gasteiger partial charge in [-0.3, -0.25) is 4.79 Å². The zero-order valence-corrected chi connectivity index (χ0v) is 10.8. The van der Waals surface area contributed by atoms with E-state index in [4.69, 9.17) is 5.11 Å². The molecule has 0 amide bonds. The highest BCUT2D eigenvalue weighted by atomic mass is 16.4. The molecule has 1 heterocycles. The Hall–Kier alpha value is -0.570. The average Bonchev–Trinajstić information content (AvgIpc) is 2.14. The fourth-order valence-electron chi connectivity index (χ4n) is 2.15. The number of aliphatic carboxylic acids is 1. The van der Waals surface area contributed by atoms with E-state index in [9.17, 15) is 4.79 Å². The van der Waals surface area contributed by atoms with Gasteiger partial charge in [-0.1, -0.05) is 20.8 Å². The van der Waals surface area contributed by atoms with Gasteiger partial charge in [0, 0.05) is 6.42 Å². The Bertz CT molecular complexity index is 225. The summed E-state index contributed by atoms with van der Waals surface area (Å²) in [4.78, 5) is 13.1. The van der Waals surface area contributed by atoms with Crippen LogP contribution >= 0.6 is 0 Å². The number of rotatable bonds is 4. The summed E-state index contributed by atoms with van der Waals surface area (Å²) in [6, 6.07) is 0. The molecule has 0 radical (unpaired) electrons. The monoisotopic (exact) mass is 227 g/mol. The van der Waals surface area contributed by atoms with Gasteiger partial charge in [-0.2, -0.15) is 0 Å². The molecule has 0 spiro atoms. The van der Waals surface area contributed by atoms with Crippen molar-refractivity contribution in [2.75, 3.05) is 19.6 Å². The number of hydrogen-bond donors (Lipinski definition) is 1. The molecule has 0 aliphatic carbocycles. The third kappa shape index (κ3) is 5.50. The molecule has 16 heavy (non-hydrogen) atoms. The molecular formula is C13H25NO2. The molecule has 1 fully saturated rings. The van der Waals surface area contributed by atoms with Gasteiger partial charge >= 0.3 is 5.97 Å². The van der Waals surface area contributed by atoms with Crippen molar-refractivity contribution in [3.8, 4) is 0 Å². The van der Waals surface area contributed by atoms with Gasteiger partial charge in [-0.25, -0.2) is 0 Å². The molecule has 1 saturated heterocycles. The molecular weight excluding hydrogens is 202 g/mol. The Labute approximate surface area is 98.8 Å². The molecule has 0 unspecified atom stereocenters. The van der Waals surface area contributed by atoms with Crippen molar-refractivity contribution in [3.05, 3.63) is 0 Å². The fourth-order valence-corrected chi connectivity index (χ4v) is 2.15. The Morgan fingerprint density at radius 3 is 2.31 bits per heavy atom. The molecule has 1 N–H and O–H groups in total. The predicted octanol–water partition coefficient (Wildman–Crippen LogP) is 2.61. The SMILES string of the molecule is CC(C)(C)CCN1CCC(CC(=O)O)CC1. The number of nitrogens with zero attached hydrogens (tertiary/aromatic N) is 1. The molecule has 3 nitrogen and oxygen atoms in total. The first kappa shape index (κ1) is 13.5. The first-order valence-corrected chi connectivity index (χ1v) is 6.31. The molecule has 1 rings (SSSR count). The van der Waals surface area contributed by atoms with Crippen LogP contribution in [0.5, 0.6) is 0 Å². The molecule has 1 aliphatic heterocycles. The van der Waals surface area contributed by atoms with Crippen LogP contribution in [0.3, 0.4) is 0 Å². The highest BCUT2D eigenvalue weighted by molar-refractivity contribution is 5.67. The Morgan fingerprint density at radius 1 is 1.31 bits per heavy atom. The summed E-state index contributed by atoms with van der Waals surface area (Å²) in [7, 11) is 0. The zero-order valence-electron chi connectivity index (χ0n) is 10.8. The second kappa shape index (κ2) is 5.67. The lowest BCUT2D eigenvalue weighted by molar-refractivity contribution is -0.138. The summed E-state index contributed by atoms with van der Waals surface area (Å²) < 4.78 is 0. The van der Waals surface area contributed by atoms with Crippen molar-refractivity contribution in [2.24, 2.45) is 11.3 Å². The van der Waals surface area contributed by atoms with Gasteiger partial charge in [-0.05, 0) is 50.2 Å². The number of likely N-dealkylation sites (tertiary alicyclic amines) is 1. The van der Waals surface area contributed by atoms with Crippen LogP contribution in [0.15, 0.2) is 0 Å². The first-order chi connectivity index (χ1) is 7.37. The van der Waals surface area contributed by atoms with E-state index in [0.29, 0.717) is 17.8 Å². The van der Waals surface area contributed by atoms with Crippen LogP contribution in [0.25, 0.3) is 0 Å². The largest absolute Gasteiger partial charge is 0.481 e. The smallest absolute Gasteiger partial charge is 0.303 e. The van der Waals surface area contributed by atoms with E-state index in [-0.39, 0.29) is 0 Å². The third-order valence-corrected chi connectivity index (χ3v) is 3.35. The summed E-state index contributed by atoms with van der Waals surface area (Å²) >= 11 is 0. The van der Waals surface area contributed by atoms with Crippen molar-refractivity contribution in [2.45, 2.75) is 46.5 Å². The second-order valence-corrected chi connectivity index (χ2v) is 6.19. The molecule has 3 heteroatoms. The zero-order chi connectivity index (χ0) is 12.2. The van der Waals surface area contributed by atoms with E-state index in [1.54, 1.807) is 0 Å². The lowest BCUT2D eigenvalue weighted by Crippen LogP contribution is -2.36. The van der Waals surface area contributed by atoms with E-state index in [2.05, 4.69) is 25.7 Å². The Kier molecular flexibility index (Phi) is 4.78. The van der Waals surface area contributed by atoms with E-state index >= 15 is 0 Å². The number of piperidine rings is 1. The molecule has 94 valence electrons. The summed E-state index contributed by atoms with van der Waals surface area (Å²) in [6.45, 7) is 10.1. The van der Waals surface area contributed by atoms with Crippen molar-refractivity contribution < 1.29 is 9.90 Å². The van der Waals surface area contributed by atoms with Gasteiger partial charge in [0.15, 0.2) is 0 Å². The standard InChI is InChI=1S/C13H25NO2/c1-13(2,3)6-9-14-7-4-11(5-8-14)10-12(15)16/h11H,4-10H2,1-3H3,(H,15,16). The minimum Gasteiger partial charge on any atom is -0.481 e.